The predicted molar refractivity (Wildman–Crippen MR) is 87.5 cm³/mol. The van der Waals surface area contributed by atoms with Crippen LogP contribution in [0.2, 0.25) is 0 Å². The molecule has 1 aliphatic heterocycles. The number of hydrogen-bond donors (Lipinski definition) is 1. The number of aromatic amines is 1. The van der Waals surface area contributed by atoms with Crippen molar-refractivity contribution in [1.29, 1.82) is 0 Å². The third-order valence-electron chi connectivity index (χ3n) is 3.20. The summed E-state index contributed by atoms with van der Waals surface area (Å²) in [5.74, 6) is 2.47. The van der Waals surface area contributed by atoms with Crippen molar-refractivity contribution in [1.82, 2.24) is 4.98 Å². The highest BCUT2D eigenvalue weighted by atomic mass is 32.2. The average molecular weight is 287 g/mol. The second-order valence-corrected chi connectivity index (χ2v) is 7.48. The molecule has 0 unspecified atom stereocenters. The van der Waals surface area contributed by atoms with E-state index in [1.165, 1.54) is 29.2 Å². The van der Waals surface area contributed by atoms with Crippen LogP contribution in [0.3, 0.4) is 0 Å². The molecule has 1 saturated heterocycles. The van der Waals surface area contributed by atoms with Gasteiger partial charge in [-0.3, -0.25) is 0 Å². The standard InChI is InChI=1S/C16H17NS2/c1-2-6-14(7-3-1)16(18-12-5-13-19-16)10-9-15-8-4-11-17-15/h1-4,6-11,17H,5,12-13H2/b10-9+. The second kappa shape index (κ2) is 5.93. The molecule has 0 amide bonds. The minimum atomic E-state index is 0.0740. The Labute approximate surface area is 122 Å². The number of rotatable bonds is 3. The molecule has 19 heavy (non-hydrogen) atoms. The van der Waals surface area contributed by atoms with Crippen LogP contribution >= 0.6 is 23.5 Å². The van der Waals surface area contributed by atoms with Gasteiger partial charge in [0.05, 0.1) is 0 Å². The van der Waals surface area contributed by atoms with E-state index in [4.69, 9.17) is 0 Å². The molecular formula is C16H17NS2. The van der Waals surface area contributed by atoms with Gasteiger partial charge in [0.2, 0.25) is 0 Å². The van der Waals surface area contributed by atoms with E-state index in [1.807, 2.05) is 35.8 Å². The summed E-state index contributed by atoms with van der Waals surface area (Å²) in [6.45, 7) is 0. The van der Waals surface area contributed by atoms with Crippen LogP contribution in [0.25, 0.3) is 6.08 Å². The van der Waals surface area contributed by atoms with E-state index in [2.05, 4.69) is 53.5 Å². The molecule has 2 aromatic rings. The van der Waals surface area contributed by atoms with E-state index in [9.17, 15) is 0 Å². The van der Waals surface area contributed by atoms with Crippen molar-refractivity contribution in [3.8, 4) is 0 Å². The predicted octanol–water partition coefficient (Wildman–Crippen LogP) is 4.75. The maximum absolute atomic E-state index is 3.24. The molecule has 98 valence electrons. The molecule has 0 saturated carbocycles. The van der Waals surface area contributed by atoms with Gasteiger partial charge in [-0.2, -0.15) is 0 Å². The Morgan fingerprint density at radius 1 is 1.00 bits per heavy atom. The summed E-state index contributed by atoms with van der Waals surface area (Å²) in [6.07, 6.45) is 7.83. The Morgan fingerprint density at radius 2 is 1.79 bits per heavy atom. The van der Waals surface area contributed by atoms with E-state index in [-0.39, 0.29) is 4.08 Å². The fraction of sp³-hybridized carbons (Fsp3) is 0.250. The maximum atomic E-state index is 3.24. The largest absolute Gasteiger partial charge is 0.362 e. The van der Waals surface area contributed by atoms with Crippen LogP contribution < -0.4 is 0 Å². The molecule has 2 heterocycles. The van der Waals surface area contributed by atoms with Gasteiger partial charge in [-0.15, -0.1) is 23.5 Å². The highest BCUT2D eigenvalue weighted by Gasteiger charge is 2.32. The van der Waals surface area contributed by atoms with Gasteiger partial charge in [-0.05, 0) is 41.7 Å². The first-order chi connectivity index (χ1) is 9.39. The third kappa shape index (κ3) is 2.93. The van der Waals surface area contributed by atoms with Gasteiger partial charge in [-0.1, -0.05) is 36.4 Å². The van der Waals surface area contributed by atoms with Crippen molar-refractivity contribution in [2.45, 2.75) is 10.5 Å². The van der Waals surface area contributed by atoms with Gasteiger partial charge >= 0.3 is 0 Å². The molecule has 0 aliphatic carbocycles. The minimum Gasteiger partial charge on any atom is -0.362 e. The normalized spacial score (nSPS) is 18.7. The third-order valence-corrected chi connectivity index (χ3v) is 6.50. The second-order valence-electron chi connectivity index (χ2n) is 4.54. The van der Waals surface area contributed by atoms with Crippen molar-refractivity contribution in [3.63, 3.8) is 0 Å². The maximum Gasteiger partial charge on any atom is 0.105 e. The minimum absolute atomic E-state index is 0.0740. The Morgan fingerprint density at radius 3 is 2.47 bits per heavy atom. The molecule has 0 radical (unpaired) electrons. The van der Waals surface area contributed by atoms with Crippen LogP contribution in [-0.2, 0) is 4.08 Å². The number of aromatic nitrogens is 1. The Balaban J connectivity index is 1.93. The van der Waals surface area contributed by atoms with Gasteiger partial charge in [0.15, 0.2) is 0 Å². The van der Waals surface area contributed by atoms with E-state index in [0.29, 0.717) is 0 Å². The zero-order valence-electron chi connectivity index (χ0n) is 10.7. The quantitative estimate of drug-likeness (QED) is 0.876. The van der Waals surface area contributed by atoms with Crippen molar-refractivity contribution < 1.29 is 0 Å². The lowest BCUT2D eigenvalue weighted by Gasteiger charge is -2.33. The summed E-state index contributed by atoms with van der Waals surface area (Å²) in [5, 5.41) is 0. The van der Waals surface area contributed by atoms with Crippen molar-refractivity contribution in [2.75, 3.05) is 11.5 Å². The number of thioether (sulfide) groups is 2. The molecule has 3 rings (SSSR count). The first-order valence-electron chi connectivity index (χ1n) is 6.55. The topological polar surface area (TPSA) is 15.8 Å². The summed E-state index contributed by atoms with van der Waals surface area (Å²) >= 11 is 4.10. The molecule has 0 atom stereocenters. The lowest BCUT2D eigenvalue weighted by atomic mass is 10.1. The molecule has 0 spiro atoms. The van der Waals surface area contributed by atoms with Gasteiger partial charge in [0.25, 0.3) is 0 Å². The average Bonchev–Trinajstić information content (AvgIpc) is 3.01. The van der Waals surface area contributed by atoms with Gasteiger partial charge in [-0.25, -0.2) is 0 Å². The van der Waals surface area contributed by atoms with Crippen LogP contribution in [0.4, 0.5) is 0 Å². The van der Waals surface area contributed by atoms with E-state index in [1.54, 1.807) is 0 Å². The number of nitrogens with one attached hydrogen (secondary N) is 1. The van der Waals surface area contributed by atoms with E-state index in [0.717, 1.165) is 0 Å². The van der Waals surface area contributed by atoms with Crippen molar-refractivity contribution >= 4 is 29.6 Å². The zero-order chi connectivity index (χ0) is 13.0. The van der Waals surface area contributed by atoms with Gasteiger partial charge in [0, 0.05) is 11.9 Å². The monoisotopic (exact) mass is 287 g/mol. The highest BCUT2D eigenvalue weighted by Crippen LogP contribution is 2.51. The molecule has 1 nitrogen and oxygen atoms in total. The molecular weight excluding hydrogens is 270 g/mol. The molecule has 0 bridgehead atoms. The van der Waals surface area contributed by atoms with Gasteiger partial charge < -0.3 is 4.98 Å². The molecule has 1 aliphatic rings. The molecule has 3 heteroatoms. The Bertz CT molecular complexity index is 525. The van der Waals surface area contributed by atoms with Crippen LogP contribution in [0.15, 0.2) is 54.7 Å². The van der Waals surface area contributed by atoms with Crippen LogP contribution in [0.5, 0.6) is 0 Å². The van der Waals surface area contributed by atoms with Crippen molar-refractivity contribution in [3.05, 3.63) is 66.0 Å². The highest BCUT2D eigenvalue weighted by molar-refractivity contribution is 8.18. The summed E-state index contributed by atoms with van der Waals surface area (Å²) < 4.78 is 0.0740. The fourth-order valence-corrected chi connectivity index (χ4v) is 5.36. The first kappa shape index (κ1) is 12.9. The van der Waals surface area contributed by atoms with Crippen LogP contribution in [-0.4, -0.2) is 16.5 Å². The number of benzene rings is 1. The molecule has 1 fully saturated rings. The van der Waals surface area contributed by atoms with Crippen LogP contribution in [0.1, 0.15) is 17.7 Å². The lowest BCUT2D eigenvalue weighted by Crippen LogP contribution is -2.20. The fourth-order valence-electron chi connectivity index (χ4n) is 2.23. The molecule has 1 N–H and O–H groups in total. The first-order valence-corrected chi connectivity index (χ1v) is 8.52. The zero-order valence-corrected chi connectivity index (χ0v) is 12.3. The SMILES string of the molecule is C(=C\C1(c2ccccc2)SCCCS1)/c1ccc[nH]1. The van der Waals surface area contributed by atoms with Crippen LogP contribution in [0, 0.1) is 0 Å². The smallest absolute Gasteiger partial charge is 0.105 e. The number of hydrogen-bond acceptors (Lipinski definition) is 2. The molecule has 1 aromatic heterocycles. The van der Waals surface area contributed by atoms with Crippen molar-refractivity contribution in [2.24, 2.45) is 0 Å². The lowest BCUT2D eigenvalue weighted by molar-refractivity contribution is 1.04. The van der Waals surface area contributed by atoms with E-state index < -0.39 is 0 Å². The molecule has 1 aromatic carbocycles. The van der Waals surface area contributed by atoms with E-state index >= 15 is 0 Å². The summed E-state index contributed by atoms with van der Waals surface area (Å²) in [6, 6.07) is 15.0. The van der Waals surface area contributed by atoms with Gasteiger partial charge in [0.1, 0.15) is 4.08 Å². The summed E-state index contributed by atoms with van der Waals surface area (Å²) in [7, 11) is 0. The summed E-state index contributed by atoms with van der Waals surface area (Å²) in [5.41, 5.74) is 2.56. The Kier molecular flexibility index (Phi) is 4.04. The number of H-pyrrole nitrogens is 1. The Hall–Kier alpha value is -1.06. The summed E-state index contributed by atoms with van der Waals surface area (Å²) in [4.78, 5) is 3.24.